The average Bonchev–Trinajstić information content (AvgIpc) is 2.70. The molecule has 0 unspecified atom stereocenters. The number of nitrogens with zero attached hydrogens (tertiary/aromatic N) is 3. The molecular weight excluding hydrogens is 403 g/mol. The minimum absolute atomic E-state index is 0.0431. The maximum Gasteiger partial charge on any atom is 0.416 e. The average molecular weight is 415 g/mol. The number of pyridine rings is 1. The van der Waals surface area contributed by atoms with Crippen LogP contribution in [0.3, 0.4) is 0 Å². The highest BCUT2D eigenvalue weighted by molar-refractivity contribution is 5.89. The predicted molar refractivity (Wildman–Crippen MR) is 102 cm³/mol. The number of hydrogen-bond acceptors (Lipinski definition) is 4. The number of carboxylic acids is 1. The molecule has 10 heteroatoms. The van der Waals surface area contributed by atoms with Crippen molar-refractivity contribution < 1.29 is 23.1 Å². The second-order valence-electron chi connectivity index (χ2n) is 6.51. The van der Waals surface area contributed by atoms with E-state index in [1.54, 1.807) is 24.3 Å². The zero-order valence-electron chi connectivity index (χ0n) is 15.1. The van der Waals surface area contributed by atoms with Gasteiger partial charge in [0.1, 0.15) is 6.54 Å². The van der Waals surface area contributed by atoms with Crippen LogP contribution in [-0.2, 0) is 17.5 Å². The topological polar surface area (TPSA) is 94.2 Å². The number of rotatable bonds is 3. The molecule has 0 bridgehead atoms. The van der Waals surface area contributed by atoms with Crippen molar-refractivity contribution in [3.63, 3.8) is 0 Å². The maximum atomic E-state index is 13.2. The highest BCUT2D eigenvalue weighted by Gasteiger charge is 2.31. The fraction of sp³-hybridized carbons (Fsp3) is 0.100. The van der Waals surface area contributed by atoms with E-state index in [2.05, 4.69) is 4.98 Å². The number of benzene rings is 2. The molecule has 0 saturated heterocycles. The number of carboxylic acid groups (broad SMARTS) is 1. The number of halogens is 3. The molecule has 0 saturated carbocycles. The molecule has 152 valence electrons. The van der Waals surface area contributed by atoms with Crippen molar-refractivity contribution >= 4 is 27.6 Å². The van der Waals surface area contributed by atoms with Crippen LogP contribution in [0.1, 0.15) is 5.56 Å². The van der Waals surface area contributed by atoms with Crippen LogP contribution < -0.4 is 11.2 Å². The van der Waals surface area contributed by atoms with Gasteiger partial charge in [-0.05, 0) is 18.2 Å². The van der Waals surface area contributed by atoms with Crippen LogP contribution in [-0.4, -0.2) is 25.2 Å². The number of aromatic nitrogens is 3. The standard InChI is InChI=1S/C20H12F3N3O4/c21-20(22,23)12-5-6-15-14(7-12)18(29)26(19(30)25(15)10-17(27)28)16-9-24-8-11-3-1-2-4-13(11)16/h1-9H,10H2,(H,27,28). The molecule has 0 radical (unpaired) electrons. The van der Waals surface area contributed by atoms with Gasteiger partial charge in [0.25, 0.3) is 5.56 Å². The first-order valence-corrected chi connectivity index (χ1v) is 8.60. The van der Waals surface area contributed by atoms with Gasteiger partial charge in [-0.2, -0.15) is 13.2 Å². The van der Waals surface area contributed by atoms with Crippen molar-refractivity contribution in [1.82, 2.24) is 14.1 Å². The maximum absolute atomic E-state index is 13.2. The van der Waals surface area contributed by atoms with Gasteiger partial charge in [0.05, 0.1) is 28.4 Å². The zero-order valence-corrected chi connectivity index (χ0v) is 15.1. The molecule has 7 nitrogen and oxygen atoms in total. The lowest BCUT2D eigenvalue weighted by Crippen LogP contribution is -2.40. The van der Waals surface area contributed by atoms with Crippen LogP contribution in [0.4, 0.5) is 13.2 Å². The van der Waals surface area contributed by atoms with Crippen molar-refractivity contribution in [2.24, 2.45) is 0 Å². The van der Waals surface area contributed by atoms with E-state index in [1.165, 1.54) is 12.4 Å². The van der Waals surface area contributed by atoms with E-state index in [-0.39, 0.29) is 11.2 Å². The monoisotopic (exact) mass is 415 g/mol. The van der Waals surface area contributed by atoms with Crippen LogP contribution in [0.5, 0.6) is 0 Å². The molecule has 30 heavy (non-hydrogen) atoms. The highest BCUT2D eigenvalue weighted by Crippen LogP contribution is 2.30. The van der Waals surface area contributed by atoms with Crippen molar-refractivity contribution in [1.29, 1.82) is 0 Å². The van der Waals surface area contributed by atoms with Gasteiger partial charge < -0.3 is 5.11 Å². The van der Waals surface area contributed by atoms with E-state index in [0.717, 1.165) is 10.6 Å². The van der Waals surface area contributed by atoms with E-state index >= 15 is 0 Å². The summed E-state index contributed by atoms with van der Waals surface area (Å²) in [6.45, 7) is -0.834. The van der Waals surface area contributed by atoms with Crippen molar-refractivity contribution in [3.05, 3.63) is 81.3 Å². The Hall–Kier alpha value is -3.95. The van der Waals surface area contributed by atoms with E-state index in [4.69, 9.17) is 0 Å². The van der Waals surface area contributed by atoms with Crippen LogP contribution in [0.15, 0.2) is 64.4 Å². The molecule has 0 aliphatic heterocycles. The first kappa shape index (κ1) is 19.4. The lowest BCUT2D eigenvalue weighted by atomic mass is 10.1. The molecule has 0 fully saturated rings. The fourth-order valence-corrected chi connectivity index (χ4v) is 3.33. The smallest absolute Gasteiger partial charge is 0.416 e. The van der Waals surface area contributed by atoms with Gasteiger partial charge >= 0.3 is 17.8 Å². The fourth-order valence-electron chi connectivity index (χ4n) is 3.33. The Morgan fingerprint density at radius 3 is 2.47 bits per heavy atom. The molecule has 1 N–H and O–H groups in total. The molecule has 0 amide bonds. The second-order valence-corrected chi connectivity index (χ2v) is 6.51. The summed E-state index contributed by atoms with van der Waals surface area (Å²) >= 11 is 0. The third-order valence-electron chi connectivity index (χ3n) is 4.65. The molecule has 0 spiro atoms. The van der Waals surface area contributed by atoms with Crippen LogP contribution in [0, 0.1) is 0 Å². The first-order valence-electron chi connectivity index (χ1n) is 8.60. The molecule has 2 aromatic carbocycles. The lowest BCUT2D eigenvalue weighted by Gasteiger charge is -2.15. The Morgan fingerprint density at radius 2 is 1.77 bits per heavy atom. The van der Waals surface area contributed by atoms with Gasteiger partial charge in [0.2, 0.25) is 0 Å². The summed E-state index contributed by atoms with van der Waals surface area (Å²) in [6.07, 6.45) is -1.99. The van der Waals surface area contributed by atoms with Gasteiger partial charge in [-0.1, -0.05) is 24.3 Å². The minimum atomic E-state index is -4.72. The Morgan fingerprint density at radius 1 is 1.03 bits per heavy atom. The predicted octanol–water partition coefficient (Wildman–Crippen LogP) is 2.80. The van der Waals surface area contributed by atoms with Gasteiger partial charge in [-0.3, -0.25) is 19.1 Å². The molecule has 4 aromatic rings. The van der Waals surface area contributed by atoms with Crippen molar-refractivity contribution in [2.75, 3.05) is 0 Å². The molecule has 0 aliphatic rings. The normalized spacial score (nSPS) is 11.8. The van der Waals surface area contributed by atoms with Gasteiger partial charge in [-0.15, -0.1) is 0 Å². The lowest BCUT2D eigenvalue weighted by molar-refractivity contribution is -0.138. The summed E-state index contributed by atoms with van der Waals surface area (Å²) in [4.78, 5) is 41.5. The summed E-state index contributed by atoms with van der Waals surface area (Å²) in [5, 5.41) is 9.82. The summed E-state index contributed by atoms with van der Waals surface area (Å²) in [6, 6.07) is 8.93. The van der Waals surface area contributed by atoms with Gasteiger partial charge in [-0.25, -0.2) is 9.36 Å². The number of alkyl halides is 3. The summed E-state index contributed by atoms with van der Waals surface area (Å²) in [5.41, 5.74) is -3.24. The first-order chi connectivity index (χ1) is 14.2. The largest absolute Gasteiger partial charge is 0.480 e. The Bertz CT molecular complexity index is 1430. The summed E-state index contributed by atoms with van der Waals surface area (Å²) in [7, 11) is 0. The number of fused-ring (bicyclic) bond motifs is 2. The Kier molecular flexibility index (Phi) is 4.41. The number of aliphatic carboxylic acids is 1. The van der Waals surface area contributed by atoms with Crippen molar-refractivity contribution in [2.45, 2.75) is 12.7 Å². The third kappa shape index (κ3) is 3.11. The van der Waals surface area contributed by atoms with Gasteiger partial charge in [0, 0.05) is 17.0 Å². The Balaban J connectivity index is 2.18. The van der Waals surface area contributed by atoms with E-state index in [0.29, 0.717) is 27.5 Å². The summed E-state index contributed by atoms with van der Waals surface area (Å²) < 4.78 is 41.0. The second kappa shape index (κ2) is 6.83. The summed E-state index contributed by atoms with van der Waals surface area (Å²) in [5.74, 6) is -1.39. The SMILES string of the molecule is O=C(O)Cn1c(=O)n(-c2cncc3ccccc23)c(=O)c2cc(C(F)(F)F)ccc21. The third-order valence-corrected chi connectivity index (χ3v) is 4.65. The molecule has 4 rings (SSSR count). The van der Waals surface area contributed by atoms with Gasteiger partial charge in [0.15, 0.2) is 0 Å². The van der Waals surface area contributed by atoms with E-state index < -0.39 is 40.9 Å². The molecular formula is C20H12F3N3O4. The van der Waals surface area contributed by atoms with Crippen LogP contribution >= 0.6 is 0 Å². The number of carbonyl (C=O) groups is 1. The molecule has 0 atom stereocenters. The van der Waals surface area contributed by atoms with E-state index in [1.807, 2.05) is 0 Å². The van der Waals surface area contributed by atoms with E-state index in [9.17, 15) is 32.7 Å². The Labute approximate surface area is 165 Å². The van der Waals surface area contributed by atoms with Crippen molar-refractivity contribution in [3.8, 4) is 5.69 Å². The molecule has 2 heterocycles. The molecule has 0 aliphatic carbocycles. The minimum Gasteiger partial charge on any atom is -0.480 e. The quantitative estimate of drug-likeness (QED) is 0.555. The number of hydrogen-bond donors (Lipinski definition) is 1. The zero-order chi connectivity index (χ0) is 21.6. The van der Waals surface area contributed by atoms with Crippen LogP contribution in [0.25, 0.3) is 27.4 Å². The van der Waals surface area contributed by atoms with Crippen LogP contribution in [0.2, 0.25) is 0 Å². The highest BCUT2D eigenvalue weighted by atomic mass is 19.4. The molecule has 2 aromatic heterocycles.